The van der Waals surface area contributed by atoms with E-state index in [0.29, 0.717) is 5.56 Å². The lowest BCUT2D eigenvalue weighted by Crippen LogP contribution is -2.41. The van der Waals surface area contributed by atoms with E-state index in [-0.39, 0.29) is 4.90 Å². The summed E-state index contributed by atoms with van der Waals surface area (Å²) in [5, 5.41) is 0. The molecular weight excluding hydrogens is 291 g/mol. The SMILES string of the molecule is Cc1cc(F)ccc1S(=O)(=O)NC(C)(C)c1cccnc1. The Balaban J connectivity index is 2.37. The van der Waals surface area contributed by atoms with E-state index in [0.717, 1.165) is 11.6 Å². The average Bonchev–Trinajstić information content (AvgIpc) is 2.38. The van der Waals surface area contributed by atoms with Crippen LogP contribution in [0, 0.1) is 12.7 Å². The van der Waals surface area contributed by atoms with Crippen LogP contribution >= 0.6 is 0 Å². The zero-order valence-corrected chi connectivity index (χ0v) is 12.9. The van der Waals surface area contributed by atoms with Crippen molar-refractivity contribution in [2.45, 2.75) is 31.2 Å². The number of hydrogen-bond donors (Lipinski definition) is 1. The number of nitrogens with one attached hydrogen (secondary N) is 1. The van der Waals surface area contributed by atoms with Crippen LogP contribution in [0.5, 0.6) is 0 Å². The molecule has 0 atom stereocenters. The van der Waals surface area contributed by atoms with Crippen molar-refractivity contribution in [1.29, 1.82) is 0 Å². The largest absolute Gasteiger partial charge is 0.264 e. The van der Waals surface area contributed by atoms with E-state index in [1.54, 1.807) is 45.3 Å². The highest BCUT2D eigenvalue weighted by Crippen LogP contribution is 2.24. The predicted molar refractivity (Wildman–Crippen MR) is 78.7 cm³/mol. The molecule has 1 aromatic heterocycles. The number of aryl methyl sites for hydroxylation is 1. The molecule has 1 heterocycles. The molecule has 21 heavy (non-hydrogen) atoms. The first-order valence-electron chi connectivity index (χ1n) is 6.43. The third kappa shape index (κ3) is 3.46. The van der Waals surface area contributed by atoms with E-state index in [1.807, 2.05) is 0 Å². The lowest BCUT2D eigenvalue weighted by Gasteiger charge is -2.26. The van der Waals surface area contributed by atoms with Crippen LogP contribution in [-0.2, 0) is 15.6 Å². The molecule has 0 bridgehead atoms. The number of pyridine rings is 1. The van der Waals surface area contributed by atoms with Crippen LogP contribution in [0.2, 0.25) is 0 Å². The van der Waals surface area contributed by atoms with Gasteiger partial charge >= 0.3 is 0 Å². The van der Waals surface area contributed by atoms with Crippen LogP contribution in [0.3, 0.4) is 0 Å². The van der Waals surface area contributed by atoms with Crippen molar-refractivity contribution in [2.75, 3.05) is 0 Å². The van der Waals surface area contributed by atoms with Crippen molar-refractivity contribution < 1.29 is 12.8 Å². The van der Waals surface area contributed by atoms with Crippen molar-refractivity contribution in [3.05, 3.63) is 59.7 Å². The molecule has 0 aliphatic carbocycles. The first-order valence-corrected chi connectivity index (χ1v) is 7.91. The fraction of sp³-hybridized carbons (Fsp3) is 0.267. The summed E-state index contributed by atoms with van der Waals surface area (Å²) >= 11 is 0. The maximum Gasteiger partial charge on any atom is 0.241 e. The number of sulfonamides is 1. The second kappa shape index (κ2) is 5.54. The number of hydrogen-bond acceptors (Lipinski definition) is 3. The van der Waals surface area contributed by atoms with Gasteiger partial charge in [-0.05, 0) is 56.2 Å². The first-order chi connectivity index (χ1) is 9.72. The second-order valence-electron chi connectivity index (χ2n) is 5.38. The minimum absolute atomic E-state index is 0.0702. The first kappa shape index (κ1) is 15.6. The third-order valence-electron chi connectivity index (χ3n) is 3.20. The standard InChI is InChI=1S/C15H17FN2O2S/c1-11-9-13(16)6-7-14(11)21(19,20)18-15(2,3)12-5-4-8-17-10-12/h4-10,18H,1-3H3. The van der Waals surface area contributed by atoms with Gasteiger partial charge in [0.25, 0.3) is 0 Å². The van der Waals surface area contributed by atoms with Gasteiger partial charge in [-0.15, -0.1) is 0 Å². The van der Waals surface area contributed by atoms with Gasteiger partial charge in [0.05, 0.1) is 10.4 Å². The Hall–Kier alpha value is -1.79. The van der Waals surface area contributed by atoms with Crippen LogP contribution in [0.15, 0.2) is 47.6 Å². The summed E-state index contributed by atoms with van der Waals surface area (Å²) < 4.78 is 40.7. The zero-order valence-electron chi connectivity index (χ0n) is 12.1. The molecule has 6 heteroatoms. The lowest BCUT2D eigenvalue weighted by molar-refractivity contribution is 0.470. The number of aromatic nitrogens is 1. The van der Waals surface area contributed by atoms with Gasteiger partial charge < -0.3 is 0 Å². The molecule has 0 unspecified atom stereocenters. The quantitative estimate of drug-likeness (QED) is 0.945. The monoisotopic (exact) mass is 308 g/mol. The highest BCUT2D eigenvalue weighted by molar-refractivity contribution is 7.89. The Labute approximate surface area is 124 Å². The van der Waals surface area contributed by atoms with Crippen molar-refractivity contribution in [3.63, 3.8) is 0 Å². The van der Waals surface area contributed by atoms with Crippen LogP contribution in [0.4, 0.5) is 4.39 Å². The molecule has 4 nitrogen and oxygen atoms in total. The number of rotatable bonds is 4. The lowest BCUT2D eigenvalue weighted by atomic mass is 9.98. The summed E-state index contributed by atoms with van der Waals surface area (Å²) in [5.74, 6) is -0.460. The second-order valence-corrected chi connectivity index (χ2v) is 7.03. The minimum Gasteiger partial charge on any atom is -0.264 e. The highest BCUT2D eigenvalue weighted by Gasteiger charge is 2.29. The Morgan fingerprint density at radius 1 is 1.24 bits per heavy atom. The Kier molecular flexibility index (Phi) is 4.11. The van der Waals surface area contributed by atoms with Gasteiger partial charge in [0, 0.05) is 12.4 Å². The smallest absolute Gasteiger partial charge is 0.241 e. The molecule has 0 amide bonds. The highest BCUT2D eigenvalue weighted by atomic mass is 32.2. The average molecular weight is 308 g/mol. The fourth-order valence-electron chi connectivity index (χ4n) is 2.10. The van der Waals surface area contributed by atoms with Gasteiger partial charge in [0.1, 0.15) is 5.82 Å². The normalized spacial score (nSPS) is 12.4. The van der Waals surface area contributed by atoms with E-state index in [9.17, 15) is 12.8 Å². The maximum atomic E-state index is 13.1. The van der Waals surface area contributed by atoms with Crippen molar-refractivity contribution in [1.82, 2.24) is 9.71 Å². The summed E-state index contributed by atoms with van der Waals surface area (Å²) in [7, 11) is -3.76. The van der Waals surface area contributed by atoms with Gasteiger partial charge in [-0.25, -0.2) is 17.5 Å². The van der Waals surface area contributed by atoms with Crippen LogP contribution in [0.1, 0.15) is 25.0 Å². The van der Waals surface area contributed by atoms with Crippen molar-refractivity contribution >= 4 is 10.0 Å². The minimum atomic E-state index is -3.76. The summed E-state index contributed by atoms with van der Waals surface area (Å²) in [4.78, 5) is 4.07. The van der Waals surface area contributed by atoms with E-state index < -0.39 is 21.4 Å². The molecule has 2 rings (SSSR count). The molecule has 0 saturated heterocycles. The van der Waals surface area contributed by atoms with Crippen LogP contribution in [0.25, 0.3) is 0 Å². The van der Waals surface area contributed by atoms with Gasteiger partial charge in [0.2, 0.25) is 10.0 Å². The molecule has 0 saturated carbocycles. The molecule has 0 aliphatic rings. The van der Waals surface area contributed by atoms with Crippen molar-refractivity contribution in [3.8, 4) is 0 Å². The molecule has 1 aromatic carbocycles. The summed E-state index contributed by atoms with van der Waals surface area (Å²) in [6, 6.07) is 7.15. The summed E-state index contributed by atoms with van der Waals surface area (Å²) in [5.41, 5.74) is 0.284. The third-order valence-corrected chi connectivity index (χ3v) is 5.02. The van der Waals surface area contributed by atoms with Crippen LogP contribution < -0.4 is 4.72 Å². The topological polar surface area (TPSA) is 59.1 Å². The molecule has 0 fully saturated rings. The summed E-state index contributed by atoms with van der Waals surface area (Å²) in [6.45, 7) is 5.07. The van der Waals surface area contributed by atoms with E-state index in [2.05, 4.69) is 9.71 Å². The van der Waals surface area contributed by atoms with Gasteiger partial charge in [-0.1, -0.05) is 6.07 Å². The van der Waals surface area contributed by atoms with Crippen LogP contribution in [-0.4, -0.2) is 13.4 Å². The predicted octanol–water partition coefficient (Wildman–Crippen LogP) is 2.74. The van der Waals surface area contributed by atoms with E-state index in [4.69, 9.17) is 0 Å². The maximum absolute atomic E-state index is 13.1. The number of nitrogens with zero attached hydrogens (tertiary/aromatic N) is 1. The van der Waals surface area contributed by atoms with Gasteiger partial charge in [-0.3, -0.25) is 4.98 Å². The molecule has 0 spiro atoms. The van der Waals surface area contributed by atoms with E-state index in [1.165, 1.54) is 12.1 Å². The van der Waals surface area contributed by atoms with E-state index >= 15 is 0 Å². The zero-order chi connectivity index (χ0) is 15.7. The van der Waals surface area contributed by atoms with Crippen molar-refractivity contribution in [2.24, 2.45) is 0 Å². The summed E-state index contributed by atoms with van der Waals surface area (Å²) in [6.07, 6.45) is 3.23. The molecule has 0 radical (unpaired) electrons. The Morgan fingerprint density at radius 2 is 1.95 bits per heavy atom. The molecule has 112 valence electrons. The Bertz CT molecular complexity index is 744. The molecule has 1 N–H and O–H groups in total. The Morgan fingerprint density at radius 3 is 2.52 bits per heavy atom. The fourth-order valence-corrected chi connectivity index (χ4v) is 3.73. The molecular formula is C15H17FN2O2S. The van der Waals surface area contributed by atoms with Gasteiger partial charge in [-0.2, -0.15) is 0 Å². The molecule has 0 aliphatic heterocycles. The number of halogens is 1. The number of benzene rings is 1. The molecule has 2 aromatic rings. The van der Waals surface area contributed by atoms with Gasteiger partial charge in [0.15, 0.2) is 0 Å².